The van der Waals surface area contributed by atoms with Crippen molar-refractivity contribution in [3.05, 3.63) is 35.9 Å². The van der Waals surface area contributed by atoms with Crippen molar-refractivity contribution in [2.24, 2.45) is 0 Å². The number of carbonyl (C=O) groups is 1. The summed E-state index contributed by atoms with van der Waals surface area (Å²) in [7, 11) is -3.37. The summed E-state index contributed by atoms with van der Waals surface area (Å²) in [5, 5.41) is 8.46. The molecule has 0 aliphatic rings. The monoisotopic (exact) mass is 285 g/mol. The summed E-state index contributed by atoms with van der Waals surface area (Å²) >= 11 is 0. The summed E-state index contributed by atoms with van der Waals surface area (Å²) in [6.07, 6.45) is 0.269. The maximum atomic E-state index is 11.8. The van der Waals surface area contributed by atoms with Crippen molar-refractivity contribution < 1.29 is 18.3 Å². The lowest BCUT2D eigenvalue weighted by Crippen LogP contribution is -2.29. The fourth-order valence-corrected chi connectivity index (χ4v) is 3.16. The molecule has 0 spiro atoms. The molecule has 0 aromatic heterocycles. The van der Waals surface area contributed by atoms with Crippen LogP contribution in [0.1, 0.15) is 31.2 Å². The van der Waals surface area contributed by atoms with Gasteiger partial charge in [0.2, 0.25) is 10.0 Å². The van der Waals surface area contributed by atoms with Crippen molar-refractivity contribution in [3.63, 3.8) is 0 Å². The van der Waals surface area contributed by atoms with Gasteiger partial charge in [0.25, 0.3) is 0 Å². The molecule has 1 unspecified atom stereocenters. The first kappa shape index (κ1) is 15.7. The molecule has 0 aliphatic carbocycles. The van der Waals surface area contributed by atoms with Crippen LogP contribution in [0.2, 0.25) is 0 Å². The molecule has 0 amide bonds. The average Bonchev–Trinajstić information content (AvgIpc) is 2.35. The van der Waals surface area contributed by atoms with E-state index in [2.05, 4.69) is 4.72 Å². The molecule has 0 fully saturated rings. The summed E-state index contributed by atoms with van der Waals surface area (Å²) in [6.45, 7) is 2.02. The Morgan fingerprint density at radius 3 is 2.53 bits per heavy atom. The van der Waals surface area contributed by atoms with Gasteiger partial charge >= 0.3 is 5.97 Å². The topological polar surface area (TPSA) is 83.5 Å². The van der Waals surface area contributed by atoms with Crippen LogP contribution < -0.4 is 4.72 Å². The third kappa shape index (κ3) is 6.35. The number of rotatable bonds is 8. The summed E-state index contributed by atoms with van der Waals surface area (Å²) in [5.74, 6) is -1.01. The second-order valence-electron chi connectivity index (χ2n) is 4.48. The average molecular weight is 285 g/mol. The van der Waals surface area contributed by atoms with Gasteiger partial charge in [-0.3, -0.25) is 4.79 Å². The van der Waals surface area contributed by atoms with E-state index in [9.17, 15) is 13.2 Å². The van der Waals surface area contributed by atoms with Crippen molar-refractivity contribution in [3.8, 4) is 0 Å². The van der Waals surface area contributed by atoms with Gasteiger partial charge in [0.15, 0.2) is 0 Å². The summed E-state index contributed by atoms with van der Waals surface area (Å²) in [4.78, 5) is 10.3. The van der Waals surface area contributed by atoms with Crippen LogP contribution in [0.15, 0.2) is 30.3 Å². The van der Waals surface area contributed by atoms with Crippen molar-refractivity contribution in [2.45, 2.75) is 25.7 Å². The number of aliphatic carboxylic acids is 1. The Kier molecular flexibility index (Phi) is 5.98. The molecule has 0 saturated heterocycles. The van der Waals surface area contributed by atoms with E-state index in [1.807, 2.05) is 37.3 Å². The molecule has 1 atom stereocenters. The van der Waals surface area contributed by atoms with Gasteiger partial charge in [0.05, 0.1) is 5.75 Å². The first-order valence-electron chi connectivity index (χ1n) is 6.15. The SMILES string of the molecule is CC(CS(=O)(=O)NCCCC(=O)O)c1ccccc1. The number of hydrogen-bond acceptors (Lipinski definition) is 3. The van der Waals surface area contributed by atoms with Crippen LogP contribution in [0.4, 0.5) is 0 Å². The van der Waals surface area contributed by atoms with Gasteiger partial charge in [-0.15, -0.1) is 0 Å². The van der Waals surface area contributed by atoms with Gasteiger partial charge in [-0.2, -0.15) is 0 Å². The molecule has 106 valence electrons. The highest BCUT2D eigenvalue weighted by atomic mass is 32.2. The first-order valence-corrected chi connectivity index (χ1v) is 7.80. The highest BCUT2D eigenvalue weighted by Crippen LogP contribution is 2.16. The lowest BCUT2D eigenvalue weighted by atomic mass is 10.0. The van der Waals surface area contributed by atoms with Gasteiger partial charge in [0.1, 0.15) is 0 Å². The minimum absolute atomic E-state index is 0.00405. The lowest BCUT2D eigenvalue weighted by molar-refractivity contribution is -0.137. The fourth-order valence-electron chi connectivity index (χ4n) is 1.73. The number of sulfonamides is 1. The molecule has 0 aliphatic heterocycles. The maximum absolute atomic E-state index is 11.8. The smallest absolute Gasteiger partial charge is 0.303 e. The van der Waals surface area contributed by atoms with Gasteiger partial charge in [-0.25, -0.2) is 13.1 Å². The largest absolute Gasteiger partial charge is 0.481 e. The summed E-state index contributed by atoms with van der Waals surface area (Å²) in [5.41, 5.74) is 0.971. The molecule has 1 aromatic carbocycles. The minimum atomic E-state index is -3.37. The number of carboxylic acids is 1. The molecule has 0 heterocycles. The second-order valence-corrected chi connectivity index (χ2v) is 6.34. The third-order valence-electron chi connectivity index (χ3n) is 2.73. The van der Waals surface area contributed by atoms with Crippen molar-refractivity contribution in [1.29, 1.82) is 0 Å². The van der Waals surface area contributed by atoms with E-state index in [0.717, 1.165) is 5.56 Å². The van der Waals surface area contributed by atoms with Crippen LogP contribution >= 0.6 is 0 Å². The zero-order valence-electron chi connectivity index (χ0n) is 10.9. The quantitative estimate of drug-likeness (QED) is 0.710. The van der Waals surface area contributed by atoms with E-state index in [0.29, 0.717) is 6.42 Å². The Morgan fingerprint density at radius 1 is 1.32 bits per heavy atom. The van der Waals surface area contributed by atoms with Crippen molar-refractivity contribution in [2.75, 3.05) is 12.3 Å². The third-order valence-corrected chi connectivity index (χ3v) is 4.31. The van der Waals surface area contributed by atoms with Crippen LogP contribution in [-0.2, 0) is 14.8 Å². The zero-order valence-corrected chi connectivity index (χ0v) is 11.7. The highest BCUT2D eigenvalue weighted by Gasteiger charge is 2.16. The Labute approximate surface area is 113 Å². The van der Waals surface area contributed by atoms with E-state index in [-0.39, 0.29) is 24.6 Å². The van der Waals surface area contributed by atoms with Gasteiger partial charge in [-0.1, -0.05) is 37.3 Å². The zero-order chi connectivity index (χ0) is 14.3. The van der Waals surface area contributed by atoms with Crippen LogP contribution in [0.25, 0.3) is 0 Å². The summed E-state index contributed by atoms with van der Waals surface area (Å²) in [6, 6.07) is 9.42. The number of carboxylic acid groups (broad SMARTS) is 1. The van der Waals surface area contributed by atoms with Crippen LogP contribution in [-0.4, -0.2) is 31.8 Å². The molecule has 6 heteroatoms. The molecule has 5 nitrogen and oxygen atoms in total. The van der Waals surface area contributed by atoms with E-state index in [1.165, 1.54) is 0 Å². The molecule has 2 N–H and O–H groups in total. The Balaban J connectivity index is 2.44. The molecular formula is C13H19NO4S. The van der Waals surface area contributed by atoms with Gasteiger partial charge in [0, 0.05) is 13.0 Å². The fraction of sp³-hybridized carbons (Fsp3) is 0.462. The van der Waals surface area contributed by atoms with Gasteiger partial charge in [-0.05, 0) is 17.9 Å². The predicted octanol–water partition coefficient (Wildman–Crippen LogP) is 1.57. The molecule has 0 radical (unpaired) electrons. The first-order chi connectivity index (χ1) is 8.91. The van der Waals surface area contributed by atoms with E-state index in [4.69, 9.17) is 5.11 Å². The molecule has 1 rings (SSSR count). The van der Waals surface area contributed by atoms with Crippen LogP contribution in [0.5, 0.6) is 0 Å². The molecule has 0 bridgehead atoms. The molecule has 1 aromatic rings. The van der Waals surface area contributed by atoms with Gasteiger partial charge < -0.3 is 5.11 Å². The Morgan fingerprint density at radius 2 is 1.95 bits per heavy atom. The van der Waals surface area contributed by atoms with E-state index < -0.39 is 16.0 Å². The molecule has 19 heavy (non-hydrogen) atoms. The van der Waals surface area contributed by atoms with Crippen LogP contribution in [0.3, 0.4) is 0 Å². The number of benzene rings is 1. The number of nitrogens with one attached hydrogen (secondary N) is 1. The highest BCUT2D eigenvalue weighted by molar-refractivity contribution is 7.89. The van der Waals surface area contributed by atoms with Crippen LogP contribution in [0, 0.1) is 0 Å². The molecular weight excluding hydrogens is 266 g/mol. The normalized spacial score (nSPS) is 13.1. The standard InChI is InChI=1S/C13H19NO4S/c1-11(12-6-3-2-4-7-12)10-19(17,18)14-9-5-8-13(15)16/h2-4,6-7,11,14H,5,8-10H2,1H3,(H,15,16). The number of hydrogen-bond donors (Lipinski definition) is 2. The summed E-state index contributed by atoms with van der Waals surface area (Å²) < 4.78 is 26.0. The minimum Gasteiger partial charge on any atom is -0.481 e. The van der Waals surface area contributed by atoms with E-state index >= 15 is 0 Å². The van der Waals surface area contributed by atoms with Crippen molar-refractivity contribution >= 4 is 16.0 Å². The van der Waals surface area contributed by atoms with Crippen molar-refractivity contribution in [1.82, 2.24) is 4.72 Å². The maximum Gasteiger partial charge on any atom is 0.303 e. The Hall–Kier alpha value is -1.40. The lowest BCUT2D eigenvalue weighted by Gasteiger charge is -2.13. The Bertz CT molecular complexity index is 499. The second kappa shape index (κ2) is 7.25. The molecule has 0 saturated carbocycles. The van der Waals surface area contributed by atoms with E-state index in [1.54, 1.807) is 0 Å². The predicted molar refractivity (Wildman–Crippen MR) is 73.5 cm³/mol.